The van der Waals surface area contributed by atoms with Gasteiger partial charge in [0, 0.05) is 28.5 Å². The second-order valence-electron chi connectivity index (χ2n) is 11.7. The molecular weight excluding hydrogens is 534 g/mol. The molecule has 2 atom stereocenters. The lowest BCUT2D eigenvalue weighted by molar-refractivity contribution is -0.109. The van der Waals surface area contributed by atoms with Crippen LogP contribution < -0.4 is 0 Å². The Morgan fingerprint density at radius 3 is 2.81 bits per heavy atom. The van der Waals surface area contributed by atoms with Crippen molar-refractivity contribution in [1.82, 2.24) is 0 Å². The van der Waals surface area contributed by atoms with Crippen LogP contribution >= 0.6 is 11.3 Å². The number of hydrogen-bond acceptors (Lipinski definition) is 4. The standard InChI is InChI=1S/C38H43NO2S/c1-3-10-29-17-19-31(20-18-29)28(2)39-27-37(40)33-14-8-12-32(13-9-15-33)36-16-7-5-4-6-11-34-26-35(42-38(34)36)25-30-21-23-41-24-22-30/h3-5,7,11,14,16-20,26-28,30,32H,1,8-10,12-13,15,21-25H2,2H3. The van der Waals surface area contributed by atoms with E-state index < -0.39 is 0 Å². The maximum atomic E-state index is 13.1. The molecule has 2 heterocycles. The lowest BCUT2D eigenvalue weighted by Crippen LogP contribution is -2.17. The van der Waals surface area contributed by atoms with Crippen molar-refractivity contribution in [3.05, 3.63) is 111 Å². The van der Waals surface area contributed by atoms with Crippen LogP contribution in [-0.2, 0) is 22.4 Å². The molecule has 3 nitrogen and oxygen atoms in total. The topological polar surface area (TPSA) is 38.7 Å². The van der Waals surface area contributed by atoms with Crippen molar-refractivity contribution in [3.8, 4) is 0 Å². The van der Waals surface area contributed by atoms with Crippen molar-refractivity contribution < 1.29 is 9.53 Å². The fourth-order valence-corrected chi connectivity index (χ4v) is 7.51. The average molecular weight is 578 g/mol. The number of Topliss-reactive ketones (excluding diaryl/α,β-unsaturated/α-hetero) is 1. The summed E-state index contributed by atoms with van der Waals surface area (Å²) in [6, 6.07) is 10.8. The molecule has 0 radical (unpaired) electrons. The molecule has 0 N–H and O–H groups in total. The zero-order valence-corrected chi connectivity index (χ0v) is 25.7. The maximum Gasteiger partial charge on any atom is 0.199 e. The largest absolute Gasteiger partial charge is 0.381 e. The van der Waals surface area contributed by atoms with Crippen molar-refractivity contribution in [3.63, 3.8) is 0 Å². The van der Waals surface area contributed by atoms with E-state index >= 15 is 0 Å². The fraction of sp³-hybridized carbons (Fsp3) is 0.395. The van der Waals surface area contributed by atoms with E-state index in [1.807, 2.05) is 30.4 Å². The minimum atomic E-state index is -0.0477. The summed E-state index contributed by atoms with van der Waals surface area (Å²) in [7, 11) is 0. The zero-order valence-electron chi connectivity index (χ0n) is 24.9. The van der Waals surface area contributed by atoms with Crippen LogP contribution in [0.1, 0.15) is 84.4 Å². The third kappa shape index (κ3) is 8.16. The van der Waals surface area contributed by atoms with Crippen LogP contribution in [0, 0.1) is 11.8 Å². The molecule has 1 fully saturated rings. The number of hydrogen-bond donors (Lipinski definition) is 0. The van der Waals surface area contributed by atoms with Crippen molar-refractivity contribution >= 4 is 35.0 Å². The molecular formula is C38H43NO2S. The van der Waals surface area contributed by atoms with Crippen molar-refractivity contribution in [2.24, 2.45) is 16.8 Å². The molecule has 2 aliphatic carbocycles. The van der Waals surface area contributed by atoms with Crippen LogP contribution in [0.15, 0.2) is 89.7 Å². The van der Waals surface area contributed by atoms with Crippen molar-refractivity contribution in [2.75, 3.05) is 13.2 Å². The van der Waals surface area contributed by atoms with Crippen LogP contribution in [0.25, 0.3) is 11.6 Å². The highest BCUT2D eigenvalue weighted by Crippen LogP contribution is 2.41. The molecule has 2 aromatic rings. The Kier molecular flexibility index (Phi) is 11.0. The number of thiophene rings is 1. The van der Waals surface area contributed by atoms with E-state index in [-0.39, 0.29) is 11.8 Å². The second kappa shape index (κ2) is 15.3. The average Bonchev–Trinajstić information content (AvgIpc) is 3.41. The molecule has 218 valence electrons. The normalized spacial score (nSPS) is 20.5. The number of ether oxygens (including phenoxy) is 1. The van der Waals surface area contributed by atoms with Gasteiger partial charge in [0.1, 0.15) is 0 Å². The minimum absolute atomic E-state index is 0.0477. The van der Waals surface area contributed by atoms with Gasteiger partial charge in [-0.3, -0.25) is 9.79 Å². The number of ketones is 1. The predicted octanol–water partition coefficient (Wildman–Crippen LogP) is 9.47. The third-order valence-corrected chi connectivity index (χ3v) is 9.86. The van der Waals surface area contributed by atoms with Gasteiger partial charge >= 0.3 is 0 Å². The second-order valence-corrected chi connectivity index (χ2v) is 12.8. The molecule has 1 aliphatic heterocycles. The van der Waals surface area contributed by atoms with Gasteiger partial charge in [-0.25, -0.2) is 0 Å². The van der Waals surface area contributed by atoms with E-state index in [1.165, 1.54) is 26.5 Å². The van der Waals surface area contributed by atoms with Crippen LogP contribution in [0.4, 0.5) is 0 Å². The summed E-state index contributed by atoms with van der Waals surface area (Å²) in [6.07, 6.45) is 25.5. The van der Waals surface area contributed by atoms with E-state index in [1.54, 1.807) is 6.21 Å². The lowest BCUT2D eigenvalue weighted by atomic mass is 9.83. The van der Waals surface area contributed by atoms with Crippen LogP contribution in [-0.4, -0.2) is 25.2 Å². The Morgan fingerprint density at radius 2 is 2.00 bits per heavy atom. The lowest BCUT2D eigenvalue weighted by Gasteiger charge is -2.22. The van der Waals surface area contributed by atoms with E-state index in [0.29, 0.717) is 5.92 Å². The van der Waals surface area contributed by atoms with E-state index in [0.717, 1.165) is 88.1 Å². The first-order valence-electron chi connectivity index (χ1n) is 15.6. The molecule has 2 unspecified atom stereocenters. The van der Waals surface area contributed by atoms with Gasteiger partial charge in [0.2, 0.25) is 0 Å². The molecule has 5 rings (SSSR count). The fourth-order valence-electron chi connectivity index (χ4n) is 6.16. The summed E-state index contributed by atoms with van der Waals surface area (Å²) < 4.78 is 5.59. The number of nitrogens with zero attached hydrogens (tertiary/aromatic N) is 1. The molecule has 0 saturated carbocycles. The first-order chi connectivity index (χ1) is 20.6. The van der Waals surface area contributed by atoms with Gasteiger partial charge in [-0.1, -0.05) is 54.6 Å². The van der Waals surface area contributed by atoms with Gasteiger partial charge in [0.25, 0.3) is 0 Å². The summed E-state index contributed by atoms with van der Waals surface area (Å²) in [5.74, 6) is 1.25. The number of aliphatic imine (C=N–C) groups is 1. The van der Waals surface area contributed by atoms with Crippen molar-refractivity contribution in [1.29, 1.82) is 0 Å². The molecule has 1 aromatic heterocycles. The predicted molar refractivity (Wildman–Crippen MR) is 178 cm³/mol. The summed E-state index contributed by atoms with van der Waals surface area (Å²) in [5, 5.41) is 0. The summed E-state index contributed by atoms with van der Waals surface area (Å²) >= 11 is 1.97. The van der Waals surface area contributed by atoms with Gasteiger partial charge < -0.3 is 4.74 Å². The number of fused-ring (bicyclic) bond motifs is 1. The van der Waals surface area contributed by atoms with E-state index in [2.05, 4.69) is 78.0 Å². The highest BCUT2D eigenvalue weighted by Gasteiger charge is 2.23. The van der Waals surface area contributed by atoms with Crippen LogP contribution in [0.2, 0.25) is 0 Å². The van der Waals surface area contributed by atoms with Gasteiger partial charge in [-0.15, -0.1) is 23.6 Å². The van der Waals surface area contributed by atoms with Crippen LogP contribution in [0.3, 0.4) is 0 Å². The minimum Gasteiger partial charge on any atom is -0.381 e. The molecule has 0 bridgehead atoms. The van der Waals surface area contributed by atoms with Crippen LogP contribution in [0.5, 0.6) is 0 Å². The van der Waals surface area contributed by atoms with Gasteiger partial charge in [-0.2, -0.15) is 0 Å². The SMILES string of the molecule is C=CCc1ccc(C(C)N=CC(=O)C2=CCCC(C3=CC=CC=C=Cc4cc(CC5CCOCC5)sc43)CCC2)cc1. The number of carbonyl (C=O) groups is 1. The molecule has 42 heavy (non-hydrogen) atoms. The number of benzene rings is 1. The summed E-state index contributed by atoms with van der Waals surface area (Å²) in [5.41, 5.74) is 9.36. The molecule has 4 heteroatoms. The van der Waals surface area contributed by atoms with Gasteiger partial charge in [-0.05, 0) is 117 Å². The van der Waals surface area contributed by atoms with E-state index in [9.17, 15) is 4.79 Å². The Labute approximate surface area is 255 Å². The van der Waals surface area contributed by atoms with Crippen molar-refractivity contribution in [2.45, 2.75) is 70.8 Å². The Balaban J connectivity index is 1.24. The highest BCUT2D eigenvalue weighted by atomic mass is 32.1. The summed E-state index contributed by atoms with van der Waals surface area (Å²) in [4.78, 5) is 20.6. The zero-order chi connectivity index (χ0) is 29.1. The first kappa shape index (κ1) is 30.2. The number of rotatable bonds is 9. The maximum absolute atomic E-state index is 13.1. The monoisotopic (exact) mass is 577 g/mol. The summed E-state index contributed by atoms with van der Waals surface area (Å²) in [6.45, 7) is 7.63. The third-order valence-electron chi connectivity index (χ3n) is 8.64. The molecule has 1 saturated heterocycles. The first-order valence-corrected chi connectivity index (χ1v) is 16.4. The molecule has 0 spiro atoms. The Hall–Kier alpha value is -3.30. The van der Waals surface area contributed by atoms with Gasteiger partial charge in [0.05, 0.1) is 12.3 Å². The van der Waals surface area contributed by atoms with E-state index in [4.69, 9.17) is 4.74 Å². The Morgan fingerprint density at radius 1 is 1.17 bits per heavy atom. The molecule has 3 aliphatic rings. The number of carbonyl (C=O) groups excluding carboxylic acids is 1. The smallest absolute Gasteiger partial charge is 0.199 e. The van der Waals surface area contributed by atoms with Gasteiger partial charge in [0.15, 0.2) is 5.78 Å². The number of allylic oxidation sites excluding steroid dienone is 8. The quantitative estimate of drug-likeness (QED) is 0.169. The molecule has 0 amide bonds. The molecule has 1 aromatic carbocycles. The Bertz CT molecular complexity index is 1420. The highest BCUT2D eigenvalue weighted by molar-refractivity contribution is 7.13.